The molecule has 2 amide bonds. The van der Waals surface area contributed by atoms with Crippen molar-refractivity contribution < 1.29 is 18.8 Å². The number of carbonyl (C=O) groups is 3. The second-order valence-corrected chi connectivity index (χ2v) is 6.02. The van der Waals surface area contributed by atoms with Crippen LogP contribution in [0.15, 0.2) is 16.5 Å². The van der Waals surface area contributed by atoms with Gasteiger partial charge in [0, 0.05) is 0 Å². The number of hydrogen-bond acceptors (Lipinski definition) is 4. The number of carbonyl (C=O) groups excluding carboxylic acids is 3. The van der Waals surface area contributed by atoms with Gasteiger partial charge < -0.3 is 10.2 Å². The highest BCUT2D eigenvalue weighted by molar-refractivity contribution is 6.46. The van der Waals surface area contributed by atoms with Gasteiger partial charge in [-0.2, -0.15) is 0 Å². The average molecular weight is 390 g/mol. The lowest BCUT2D eigenvalue weighted by molar-refractivity contribution is 0.0974. The monoisotopic (exact) mass is 388 g/mol. The molecule has 0 radical (unpaired) electrons. The van der Waals surface area contributed by atoms with E-state index in [1.54, 1.807) is 0 Å². The van der Waals surface area contributed by atoms with Gasteiger partial charge in [-0.3, -0.25) is 19.7 Å². The lowest BCUT2D eigenvalue weighted by Gasteiger charge is -2.08. The number of benzene rings is 1. The predicted octanol–water partition coefficient (Wildman–Crippen LogP) is 4.10. The molecule has 0 spiro atoms. The Morgan fingerprint density at radius 2 is 1.62 bits per heavy atom. The maximum Gasteiger partial charge on any atom is 0.261 e. The number of aryl methyl sites for hydroxylation is 1. The van der Waals surface area contributed by atoms with Gasteiger partial charge in [0.05, 0.1) is 26.2 Å². The quantitative estimate of drug-likeness (QED) is 0.607. The Kier molecular flexibility index (Phi) is 5.22. The highest BCUT2D eigenvalue weighted by atomic mass is 35.5. The number of halogens is 3. The van der Waals surface area contributed by atoms with Crippen LogP contribution < -0.4 is 11.1 Å². The summed E-state index contributed by atoms with van der Waals surface area (Å²) in [7, 11) is 0. The first-order chi connectivity index (χ1) is 11.1. The topological polar surface area (TPSA) is 102 Å². The molecule has 1 aromatic carbocycles. The molecule has 0 unspecified atom stereocenters. The van der Waals surface area contributed by atoms with Crippen LogP contribution in [0.1, 0.15) is 43.8 Å². The Morgan fingerprint density at radius 1 is 1.04 bits per heavy atom. The van der Waals surface area contributed by atoms with Crippen LogP contribution in [0.25, 0.3) is 0 Å². The molecule has 126 valence electrons. The van der Waals surface area contributed by atoms with Gasteiger partial charge in [-0.1, -0.05) is 34.8 Å². The third-order valence-corrected chi connectivity index (χ3v) is 4.30. The van der Waals surface area contributed by atoms with E-state index in [9.17, 15) is 14.4 Å². The normalized spacial score (nSPS) is 10.5. The molecule has 6 nitrogen and oxygen atoms in total. The SMILES string of the molecule is CC(=O)c1c(C)oc(NC(=O)c2c(Cl)ccc(Cl)c2Cl)c1C(N)=O. The first-order valence-electron chi connectivity index (χ1n) is 6.54. The van der Waals surface area contributed by atoms with Gasteiger partial charge in [0.2, 0.25) is 5.88 Å². The van der Waals surface area contributed by atoms with E-state index in [1.807, 2.05) is 0 Å². The minimum Gasteiger partial charge on any atom is -0.444 e. The summed E-state index contributed by atoms with van der Waals surface area (Å²) in [5.41, 5.74) is 4.97. The molecule has 0 atom stereocenters. The predicted molar refractivity (Wildman–Crippen MR) is 91.4 cm³/mol. The fourth-order valence-electron chi connectivity index (χ4n) is 2.19. The van der Waals surface area contributed by atoms with Crippen molar-refractivity contribution in [3.8, 4) is 0 Å². The van der Waals surface area contributed by atoms with E-state index in [4.69, 9.17) is 45.0 Å². The van der Waals surface area contributed by atoms with Gasteiger partial charge in [0.15, 0.2) is 5.78 Å². The molecule has 9 heteroatoms. The van der Waals surface area contributed by atoms with Gasteiger partial charge in [0.1, 0.15) is 11.3 Å². The van der Waals surface area contributed by atoms with E-state index in [0.717, 1.165) is 0 Å². The summed E-state index contributed by atoms with van der Waals surface area (Å²) in [5, 5.41) is 2.47. The molecule has 0 aliphatic carbocycles. The standard InChI is InChI=1S/C15H11Cl3N2O4/c1-5(21)9-6(2)24-15(11(9)13(19)22)20-14(23)10-7(16)3-4-8(17)12(10)18/h3-4H,1-2H3,(H2,19,22)(H,20,23). The molecule has 24 heavy (non-hydrogen) atoms. The number of Topliss-reactive ketones (excluding diaryl/α,β-unsaturated/α-hetero) is 1. The number of nitrogens with two attached hydrogens (primary N) is 1. The first kappa shape index (κ1) is 18.3. The minimum absolute atomic E-state index is 0.00101. The van der Waals surface area contributed by atoms with Gasteiger partial charge in [-0.05, 0) is 26.0 Å². The summed E-state index contributed by atoms with van der Waals surface area (Å²) < 4.78 is 5.30. The molecule has 0 aliphatic heterocycles. The molecule has 1 heterocycles. The summed E-state index contributed by atoms with van der Waals surface area (Å²) >= 11 is 17.8. The van der Waals surface area contributed by atoms with E-state index in [-0.39, 0.29) is 43.4 Å². The maximum atomic E-state index is 12.4. The van der Waals surface area contributed by atoms with Gasteiger partial charge >= 0.3 is 0 Å². The second-order valence-electron chi connectivity index (χ2n) is 4.83. The number of ketones is 1. The van der Waals surface area contributed by atoms with E-state index in [0.29, 0.717) is 0 Å². The smallest absolute Gasteiger partial charge is 0.261 e. The summed E-state index contributed by atoms with van der Waals surface area (Å²) in [6, 6.07) is 2.83. The molecule has 2 rings (SSSR count). The van der Waals surface area contributed by atoms with E-state index in [2.05, 4.69) is 5.32 Å². The number of anilines is 1. The molecule has 0 saturated carbocycles. The van der Waals surface area contributed by atoms with Crippen molar-refractivity contribution in [1.82, 2.24) is 0 Å². The lowest BCUT2D eigenvalue weighted by atomic mass is 10.1. The molecule has 0 aliphatic rings. The van der Waals surface area contributed by atoms with Crippen LogP contribution in [0.2, 0.25) is 15.1 Å². The summed E-state index contributed by atoms with van der Waals surface area (Å²) in [5.74, 6) is -2.23. The van der Waals surface area contributed by atoms with Crippen molar-refractivity contribution in [1.29, 1.82) is 0 Å². The fraction of sp³-hybridized carbons (Fsp3) is 0.133. The Morgan fingerprint density at radius 3 is 2.17 bits per heavy atom. The maximum absolute atomic E-state index is 12.4. The van der Waals surface area contributed by atoms with Gasteiger partial charge in [-0.15, -0.1) is 0 Å². The molecule has 1 aromatic heterocycles. The molecular weight excluding hydrogens is 379 g/mol. The summed E-state index contributed by atoms with van der Waals surface area (Å²) in [4.78, 5) is 35.8. The van der Waals surface area contributed by atoms with Crippen LogP contribution in [0.4, 0.5) is 5.88 Å². The van der Waals surface area contributed by atoms with E-state index < -0.39 is 17.6 Å². The van der Waals surface area contributed by atoms with Crippen LogP contribution in [0, 0.1) is 6.92 Å². The largest absolute Gasteiger partial charge is 0.444 e. The number of furan rings is 1. The third-order valence-electron chi connectivity index (χ3n) is 3.18. The number of nitrogens with one attached hydrogen (secondary N) is 1. The first-order valence-corrected chi connectivity index (χ1v) is 7.67. The number of amides is 2. The van der Waals surface area contributed by atoms with Crippen molar-refractivity contribution in [2.45, 2.75) is 13.8 Å². The molecule has 0 saturated heterocycles. The Labute approximate surface area is 151 Å². The van der Waals surface area contributed by atoms with E-state index >= 15 is 0 Å². The number of hydrogen-bond donors (Lipinski definition) is 2. The molecular formula is C15H11Cl3N2O4. The zero-order valence-electron chi connectivity index (χ0n) is 12.5. The van der Waals surface area contributed by atoms with Crippen molar-refractivity contribution >= 4 is 58.3 Å². The highest BCUT2D eigenvalue weighted by Gasteiger charge is 2.27. The molecule has 2 aromatic rings. The molecule has 3 N–H and O–H groups in total. The van der Waals surface area contributed by atoms with Crippen molar-refractivity contribution in [2.75, 3.05) is 5.32 Å². The third kappa shape index (κ3) is 3.26. The zero-order valence-corrected chi connectivity index (χ0v) is 14.8. The Hall–Kier alpha value is -2.02. The van der Waals surface area contributed by atoms with Crippen LogP contribution in [-0.2, 0) is 0 Å². The number of primary amides is 1. The summed E-state index contributed by atoms with van der Waals surface area (Å²) in [6.07, 6.45) is 0. The van der Waals surface area contributed by atoms with E-state index in [1.165, 1.54) is 26.0 Å². The van der Waals surface area contributed by atoms with Crippen molar-refractivity contribution in [3.05, 3.63) is 49.7 Å². The Bertz CT molecular complexity index is 874. The summed E-state index contributed by atoms with van der Waals surface area (Å²) in [6.45, 7) is 2.72. The van der Waals surface area contributed by atoms with Gasteiger partial charge in [-0.25, -0.2) is 0 Å². The van der Waals surface area contributed by atoms with Crippen molar-refractivity contribution in [2.24, 2.45) is 5.73 Å². The minimum atomic E-state index is -0.921. The van der Waals surface area contributed by atoms with Crippen LogP contribution in [-0.4, -0.2) is 17.6 Å². The fourth-order valence-corrected chi connectivity index (χ4v) is 2.89. The van der Waals surface area contributed by atoms with Crippen LogP contribution in [0.5, 0.6) is 0 Å². The Balaban J connectivity index is 2.52. The number of rotatable bonds is 4. The van der Waals surface area contributed by atoms with Gasteiger partial charge in [0.25, 0.3) is 11.8 Å². The molecule has 0 bridgehead atoms. The average Bonchev–Trinajstić information content (AvgIpc) is 2.79. The van der Waals surface area contributed by atoms with Crippen LogP contribution in [0.3, 0.4) is 0 Å². The highest BCUT2D eigenvalue weighted by Crippen LogP contribution is 2.33. The second kappa shape index (κ2) is 6.84. The van der Waals surface area contributed by atoms with Crippen molar-refractivity contribution in [3.63, 3.8) is 0 Å². The molecule has 0 fully saturated rings. The lowest BCUT2D eigenvalue weighted by Crippen LogP contribution is -2.19. The zero-order chi connectivity index (χ0) is 18.2. The van der Waals surface area contributed by atoms with Crippen LogP contribution >= 0.6 is 34.8 Å².